The van der Waals surface area contributed by atoms with E-state index in [1.54, 1.807) is 29.6 Å². The minimum atomic E-state index is -0.888. The fourth-order valence-electron chi connectivity index (χ4n) is 1.29. The van der Waals surface area contributed by atoms with Crippen molar-refractivity contribution in [2.75, 3.05) is 0 Å². The van der Waals surface area contributed by atoms with Crippen LogP contribution in [0.25, 0.3) is 0 Å². The molecule has 0 saturated heterocycles. The first-order valence-corrected chi connectivity index (χ1v) is 6.41. The summed E-state index contributed by atoms with van der Waals surface area (Å²) in [7, 11) is 0. The van der Waals surface area contributed by atoms with Crippen LogP contribution in [0.4, 0.5) is 0 Å². The quantitative estimate of drug-likeness (QED) is 0.940. The molecule has 0 atom stereocenters. The summed E-state index contributed by atoms with van der Waals surface area (Å²) in [6.07, 6.45) is -0.0667. The summed E-state index contributed by atoms with van der Waals surface area (Å²) in [5, 5.41) is 11.1. The highest BCUT2D eigenvalue weighted by molar-refractivity contribution is 9.10. The van der Waals surface area contributed by atoms with Crippen LogP contribution in [0.5, 0.6) is 10.9 Å². The van der Waals surface area contributed by atoms with Crippen LogP contribution in [0.3, 0.4) is 0 Å². The number of para-hydroxylation sites is 1. The number of carboxylic acids is 1. The van der Waals surface area contributed by atoms with Crippen molar-refractivity contribution in [2.24, 2.45) is 0 Å². The Bertz CT molecular complexity index is 541. The van der Waals surface area contributed by atoms with Gasteiger partial charge in [0.05, 0.1) is 6.42 Å². The second-order valence-corrected chi connectivity index (χ2v) is 4.85. The van der Waals surface area contributed by atoms with Crippen LogP contribution in [0.1, 0.15) is 5.56 Å². The first-order valence-electron chi connectivity index (χ1n) is 4.74. The van der Waals surface area contributed by atoms with Gasteiger partial charge in [-0.15, -0.1) is 0 Å². The fraction of sp³-hybridized carbons (Fsp3) is 0.0909. The number of ether oxygens (including phenoxy) is 1. The van der Waals surface area contributed by atoms with Crippen molar-refractivity contribution in [1.82, 2.24) is 4.98 Å². The normalized spacial score (nSPS) is 10.2. The number of carbonyl (C=O) groups is 1. The molecular weight excluding hydrogens is 306 g/mol. The van der Waals surface area contributed by atoms with Crippen LogP contribution in [0.2, 0.25) is 0 Å². The molecule has 0 unspecified atom stereocenters. The molecule has 1 aromatic heterocycles. The van der Waals surface area contributed by atoms with Crippen molar-refractivity contribution in [3.8, 4) is 10.9 Å². The van der Waals surface area contributed by atoms with E-state index < -0.39 is 5.97 Å². The number of hydrogen-bond acceptors (Lipinski definition) is 4. The summed E-state index contributed by atoms with van der Waals surface area (Å²) in [6, 6.07) is 7.03. The molecule has 0 fully saturated rings. The third-order valence-electron chi connectivity index (χ3n) is 1.97. The molecule has 0 aliphatic heterocycles. The number of aliphatic carboxylic acids is 1. The summed E-state index contributed by atoms with van der Waals surface area (Å²) < 4.78 is 6.25. The van der Waals surface area contributed by atoms with Crippen molar-refractivity contribution in [1.29, 1.82) is 0 Å². The highest BCUT2D eigenvalue weighted by Crippen LogP contribution is 2.29. The zero-order valence-electron chi connectivity index (χ0n) is 8.59. The molecule has 1 heterocycles. The van der Waals surface area contributed by atoms with Crippen LogP contribution in [-0.4, -0.2) is 16.1 Å². The molecule has 2 aromatic rings. The van der Waals surface area contributed by atoms with Gasteiger partial charge in [0.2, 0.25) is 0 Å². The van der Waals surface area contributed by atoms with Crippen molar-refractivity contribution in [3.63, 3.8) is 0 Å². The van der Waals surface area contributed by atoms with E-state index in [2.05, 4.69) is 20.9 Å². The lowest BCUT2D eigenvalue weighted by Crippen LogP contribution is -2.01. The lowest BCUT2D eigenvalue weighted by molar-refractivity contribution is -0.136. The van der Waals surface area contributed by atoms with Crippen LogP contribution >= 0.6 is 27.3 Å². The number of nitrogens with zero attached hydrogens (tertiary/aromatic N) is 1. The third kappa shape index (κ3) is 3.28. The van der Waals surface area contributed by atoms with Crippen LogP contribution < -0.4 is 4.74 Å². The van der Waals surface area contributed by atoms with E-state index in [-0.39, 0.29) is 6.42 Å². The minimum Gasteiger partial charge on any atom is -0.481 e. The van der Waals surface area contributed by atoms with E-state index in [0.717, 1.165) is 0 Å². The number of halogens is 1. The van der Waals surface area contributed by atoms with E-state index >= 15 is 0 Å². The number of rotatable bonds is 4. The standard InChI is InChI=1S/C11H8BrNO3S/c12-9-6-17-11(13-9)16-8-4-2-1-3-7(8)5-10(14)15/h1-4,6H,5H2,(H,14,15). The predicted octanol–water partition coefficient (Wildman–Crippen LogP) is 3.33. The van der Waals surface area contributed by atoms with Gasteiger partial charge >= 0.3 is 5.97 Å². The molecule has 0 aliphatic carbocycles. The number of benzene rings is 1. The molecule has 0 aliphatic rings. The van der Waals surface area contributed by atoms with E-state index in [4.69, 9.17) is 9.84 Å². The van der Waals surface area contributed by atoms with Crippen molar-refractivity contribution in [2.45, 2.75) is 6.42 Å². The first-order chi connectivity index (χ1) is 8.15. The summed E-state index contributed by atoms with van der Waals surface area (Å²) in [6.45, 7) is 0. The summed E-state index contributed by atoms with van der Waals surface area (Å²) in [5.74, 6) is -0.363. The molecule has 0 radical (unpaired) electrons. The topological polar surface area (TPSA) is 59.4 Å². The third-order valence-corrected chi connectivity index (χ3v) is 3.39. The summed E-state index contributed by atoms with van der Waals surface area (Å²) in [5.41, 5.74) is 0.631. The number of thiazole rings is 1. The zero-order valence-corrected chi connectivity index (χ0v) is 11.0. The lowest BCUT2D eigenvalue weighted by Gasteiger charge is -2.06. The number of aromatic nitrogens is 1. The van der Waals surface area contributed by atoms with Crippen molar-refractivity contribution >= 4 is 33.2 Å². The minimum absolute atomic E-state index is 0.0667. The molecule has 6 heteroatoms. The largest absolute Gasteiger partial charge is 0.481 e. The fourth-order valence-corrected chi connectivity index (χ4v) is 2.39. The molecule has 4 nitrogen and oxygen atoms in total. The molecular formula is C11H8BrNO3S. The Morgan fingerprint density at radius 3 is 2.88 bits per heavy atom. The molecule has 1 N–H and O–H groups in total. The predicted molar refractivity (Wildman–Crippen MR) is 67.7 cm³/mol. The van der Waals surface area contributed by atoms with Gasteiger partial charge in [-0.3, -0.25) is 4.79 Å². The SMILES string of the molecule is O=C(O)Cc1ccccc1Oc1nc(Br)cs1. The Kier molecular flexibility index (Phi) is 3.75. The first kappa shape index (κ1) is 12.1. The maximum Gasteiger partial charge on any atom is 0.307 e. The Morgan fingerprint density at radius 1 is 1.47 bits per heavy atom. The van der Waals surface area contributed by atoms with Crippen LogP contribution in [0, 0.1) is 0 Å². The van der Waals surface area contributed by atoms with Crippen LogP contribution in [-0.2, 0) is 11.2 Å². The molecule has 17 heavy (non-hydrogen) atoms. The maximum absolute atomic E-state index is 10.7. The average molecular weight is 314 g/mol. The molecule has 1 aromatic carbocycles. The van der Waals surface area contributed by atoms with E-state index in [1.165, 1.54) is 11.3 Å². The second kappa shape index (κ2) is 5.29. The Labute approximate surface area is 110 Å². The van der Waals surface area contributed by atoms with Gasteiger partial charge in [0.15, 0.2) is 0 Å². The molecule has 0 saturated carbocycles. The Morgan fingerprint density at radius 2 is 2.24 bits per heavy atom. The van der Waals surface area contributed by atoms with Crippen molar-refractivity contribution < 1.29 is 14.6 Å². The van der Waals surface area contributed by atoms with Gasteiger partial charge in [-0.2, -0.15) is 4.98 Å². The summed E-state index contributed by atoms with van der Waals surface area (Å²) >= 11 is 4.57. The van der Waals surface area contributed by atoms with Gasteiger partial charge in [0, 0.05) is 10.9 Å². The Balaban J connectivity index is 2.23. The van der Waals surface area contributed by atoms with Crippen molar-refractivity contribution in [3.05, 3.63) is 39.8 Å². The van der Waals surface area contributed by atoms with E-state index in [0.29, 0.717) is 21.1 Å². The highest BCUT2D eigenvalue weighted by Gasteiger charge is 2.09. The monoisotopic (exact) mass is 313 g/mol. The molecule has 88 valence electrons. The molecule has 0 spiro atoms. The van der Waals surface area contributed by atoms with E-state index in [1.807, 2.05) is 0 Å². The lowest BCUT2D eigenvalue weighted by atomic mass is 10.1. The van der Waals surface area contributed by atoms with Crippen LogP contribution in [0.15, 0.2) is 34.2 Å². The smallest absolute Gasteiger partial charge is 0.307 e. The maximum atomic E-state index is 10.7. The van der Waals surface area contributed by atoms with Gasteiger partial charge in [-0.1, -0.05) is 29.5 Å². The van der Waals surface area contributed by atoms with Gasteiger partial charge < -0.3 is 9.84 Å². The van der Waals surface area contributed by atoms with Gasteiger partial charge in [0.25, 0.3) is 5.19 Å². The van der Waals surface area contributed by atoms with E-state index in [9.17, 15) is 4.79 Å². The number of hydrogen-bond donors (Lipinski definition) is 1. The molecule has 2 rings (SSSR count). The average Bonchev–Trinajstić information content (AvgIpc) is 2.66. The molecule has 0 bridgehead atoms. The molecule has 0 amide bonds. The highest BCUT2D eigenvalue weighted by atomic mass is 79.9. The van der Waals surface area contributed by atoms with Gasteiger partial charge in [-0.25, -0.2) is 0 Å². The zero-order chi connectivity index (χ0) is 12.3. The second-order valence-electron chi connectivity index (χ2n) is 3.22. The summed E-state index contributed by atoms with van der Waals surface area (Å²) in [4.78, 5) is 14.8. The number of carboxylic acid groups (broad SMARTS) is 1. The van der Waals surface area contributed by atoms with Gasteiger partial charge in [0.1, 0.15) is 10.4 Å². The van der Waals surface area contributed by atoms with Gasteiger partial charge in [-0.05, 0) is 22.0 Å². The Hall–Kier alpha value is -1.40.